The van der Waals surface area contributed by atoms with Crippen LogP contribution in [-0.2, 0) is 47.9 Å². The Morgan fingerprint density at radius 2 is 0.803 bits per heavy atom. The fraction of sp³-hybridized carbons (Fsp3) is 0.442. The quantitative estimate of drug-likeness (QED) is 0.0354. The lowest BCUT2D eigenvalue weighted by atomic mass is 10.1. The van der Waals surface area contributed by atoms with Gasteiger partial charge in [-0.05, 0) is 183 Å². The molecule has 23 heteroatoms. The monoisotopic (exact) mass is 1490 g/mol. The van der Waals surface area contributed by atoms with Gasteiger partial charge >= 0.3 is 36.2 Å². The molecule has 12 N–H and O–H groups in total. The van der Waals surface area contributed by atoms with Gasteiger partial charge in [0.2, 0.25) is 0 Å². The molecule has 0 aromatic heterocycles. The van der Waals surface area contributed by atoms with Crippen LogP contribution in [-0.4, -0.2) is 88.9 Å². The number of carbonyl (C=O) groups is 6. The first kappa shape index (κ1) is 62.9. The predicted octanol–water partition coefficient (Wildman–Crippen LogP) is 9.00. The summed E-state index contributed by atoms with van der Waals surface area (Å²) in [4.78, 5) is 68.8. The van der Waals surface area contributed by atoms with Crippen molar-refractivity contribution in [3.63, 3.8) is 0 Å². The number of hydrogen-bond acceptors (Lipinski definition) is 12. The van der Waals surface area contributed by atoms with E-state index in [1.54, 1.807) is 105 Å². The van der Waals surface area contributed by atoms with Gasteiger partial charge in [0.05, 0.1) is 8.12 Å². The zero-order chi connectivity index (χ0) is 51.3. The minimum absolute atomic E-state index is 0.154. The van der Waals surface area contributed by atoms with E-state index in [0.717, 1.165) is 27.4 Å². The zero-order valence-electron chi connectivity index (χ0n) is 37.9. The summed E-state index contributed by atoms with van der Waals surface area (Å²) in [6.45, 7) is 15.4. The maximum absolute atomic E-state index is 11.7. The van der Waals surface area contributed by atoms with Crippen LogP contribution in [0.25, 0.3) is 0 Å². The third-order valence-corrected chi connectivity index (χ3v) is 10.2. The lowest BCUT2D eigenvalue weighted by molar-refractivity contribution is -0.140. The normalized spacial score (nSPS) is 12.3. The summed E-state index contributed by atoms with van der Waals surface area (Å²) in [5, 5.41) is 34.7. The lowest BCUT2D eigenvalue weighted by Crippen LogP contribution is -2.44. The number of anilines is 3. The summed E-state index contributed by atoms with van der Waals surface area (Å²) in [7, 11) is 0. The molecule has 0 unspecified atom stereocenters. The molecule has 3 atom stereocenters. The fourth-order valence-electron chi connectivity index (χ4n) is 4.76. The van der Waals surface area contributed by atoms with Crippen LogP contribution in [0.2, 0.25) is 0 Å². The van der Waals surface area contributed by atoms with Crippen molar-refractivity contribution < 1.29 is 58.3 Å². The Morgan fingerprint density at radius 1 is 0.515 bits per heavy atom. The third kappa shape index (κ3) is 29.0. The first-order chi connectivity index (χ1) is 30.2. The van der Waals surface area contributed by atoms with Crippen LogP contribution in [0.5, 0.6) is 0 Å². The lowest BCUT2D eigenvalue weighted by Gasteiger charge is -2.22. The van der Waals surface area contributed by atoms with Crippen molar-refractivity contribution in [2.24, 2.45) is 0 Å². The summed E-state index contributed by atoms with van der Waals surface area (Å²) >= 11 is 10.8. The predicted molar refractivity (Wildman–Crippen MR) is 297 cm³/mol. The summed E-state index contributed by atoms with van der Waals surface area (Å²) in [6, 6.07) is 12.5. The second kappa shape index (κ2) is 29.7. The first-order valence-corrected chi connectivity index (χ1v) is 25.9. The third-order valence-electron chi connectivity index (χ3n) is 7.47. The SMILES string of the molecule is CC(C)(C)OC(=O)N[C@H](Cc1cc(I)c(N)c(I)c1)C(=O)O.CC(C)(C)OC(=O)N[C@H](Cc1ccc(N)c(I)c1)C(=O)O.CC(C)(C)OC(=O)N[C@H](Cc1ccc(N)cc1)C(=O)O.ICI. The molecule has 3 aromatic rings. The number of amides is 3. The van der Waals surface area contributed by atoms with E-state index >= 15 is 0 Å². The Bertz CT molecular complexity index is 2070. The molecular weight excluding hydrogens is 1430 g/mol. The number of halogens is 5. The van der Waals surface area contributed by atoms with Gasteiger partial charge in [0.1, 0.15) is 34.9 Å². The number of ether oxygens (including phenoxy) is 3. The summed E-state index contributed by atoms with van der Waals surface area (Å²) in [5.74, 6) is -3.35. The molecule has 0 bridgehead atoms. The van der Waals surface area contributed by atoms with Crippen molar-refractivity contribution in [2.45, 2.75) is 117 Å². The maximum atomic E-state index is 11.7. The molecular formula is C43H59I5N6O12. The van der Waals surface area contributed by atoms with Crippen LogP contribution in [0.3, 0.4) is 0 Å². The Balaban J connectivity index is 0.000000932. The van der Waals surface area contributed by atoms with Crippen LogP contribution in [0, 0.1) is 10.7 Å². The number of alkyl carbamates (subject to hydrolysis) is 3. The highest BCUT2D eigenvalue weighted by molar-refractivity contribution is 14.2. The van der Waals surface area contributed by atoms with Crippen molar-refractivity contribution in [1.29, 1.82) is 0 Å². The maximum Gasteiger partial charge on any atom is 0.408 e. The van der Waals surface area contributed by atoms with Crippen molar-refractivity contribution >= 4 is 166 Å². The molecule has 368 valence electrons. The van der Waals surface area contributed by atoms with Crippen LogP contribution < -0.4 is 33.2 Å². The summed E-state index contributed by atoms with van der Waals surface area (Å²) in [5.41, 5.74) is 19.3. The molecule has 0 saturated heterocycles. The summed E-state index contributed by atoms with van der Waals surface area (Å²) in [6.07, 6.45) is -1.78. The van der Waals surface area contributed by atoms with Gasteiger partial charge in [0.25, 0.3) is 0 Å². The van der Waals surface area contributed by atoms with E-state index < -0.39 is 71.1 Å². The highest BCUT2D eigenvalue weighted by atomic mass is 127. The van der Waals surface area contributed by atoms with Crippen molar-refractivity contribution in [2.75, 3.05) is 19.6 Å². The molecule has 0 spiro atoms. The van der Waals surface area contributed by atoms with Gasteiger partial charge in [-0.1, -0.05) is 63.4 Å². The van der Waals surface area contributed by atoms with Gasteiger partial charge < -0.3 is 62.7 Å². The Kier molecular flexibility index (Phi) is 28.4. The van der Waals surface area contributed by atoms with E-state index in [4.69, 9.17) is 36.5 Å². The number of nitrogens with two attached hydrogens (primary N) is 3. The Hall–Kier alpha value is -3.07. The topological polar surface area (TPSA) is 305 Å². The van der Waals surface area contributed by atoms with Gasteiger partial charge in [-0.3, -0.25) is 0 Å². The van der Waals surface area contributed by atoms with Gasteiger partial charge in [0.15, 0.2) is 0 Å². The van der Waals surface area contributed by atoms with E-state index in [-0.39, 0.29) is 19.3 Å². The molecule has 3 amide bonds. The Labute approximate surface area is 453 Å². The Morgan fingerprint density at radius 3 is 1.11 bits per heavy atom. The van der Waals surface area contributed by atoms with Gasteiger partial charge in [-0.15, -0.1) is 0 Å². The van der Waals surface area contributed by atoms with Crippen LogP contribution in [0.4, 0.5) is 31.4 Å². The van der Waals surface area contributed by atoms with E-state index in [9.17, 15) is 39.0 Å². The van der Waals surface area contributed by atoms with Gasteiger partial charge in [-0.2, -0.15) is 0 Å². The zero-order valence-corrected chi connectivity index (χ0v) is 48.7. The molecule has 0 aliphatic heterocycles. The second-order valence-corrected chi connectivity index (χ2v) is 24.8. The molecule has 0 saturated carbocycles. The molecule has 66 heavy (non-hydrogen) atoms. The number of carboxylic acid groups (broad SMARTS) is 3. The fourth-order valence-corrected chi connectivity index (χ4v) is 7.24. The number of rotatable bonds is 12. The van der Waals surface area contributed by atoms with Gasteiger partial charge in [-0.25, -0.2) is 28.8 Å². The number of alkyl halides is 2. The van der Waals surface area contributed by atoms with E-state index in [1.165, 1.54) is 2.43 Å². The number of nitrogen functional groups attached to an aromatic ring is 3. The molecule has 3 rings (SSSR count). The van der Waals surface area contributed by atoms with Crippen LogP contribution in [0.15, 0.2) is 54.6 Å². The van der Waals surface area contributed by atoms with E-state index in [2.05, 4.69) is 129 Å². The number of nitrogens with one attached hydrogen (secondary N) is 3. The number of carbonyl (C=O) groups excluding carboxylic acids is 3. The highest BCUT2D eigenvalue weighted by Crippen LogP contribution is 2.24. The average molecular weight is 1490 g/mol. The summed E-state index contributed by atoms with van der Waals surface area (Å²) < 4.78 is 18.9. The molecule has 0 radical (unpaired) electrons. The number of benzene rings is 3. The molecule has 3 aromatic carbocycles. The average Bonchev–Trinajstić information content (AvgIpc) is 3.14. The standard InChI is InChI=1S/C14H18I2N2O4.C14H19IN2O4.C14H20N2O4.CH2I2/c1-14(2,3)22-13(21)18-10(12(19)20)6-7-4-8(15)11(17)9(16)5-7;1-14(2,3)21-13(20)17-11(12(18)19)7-8-4-5-10(16)9(15)6-8;1-14(2,3)20-13(19)16-11(12(17)18)8-9-4-6-10(15)7-5-9;2-1-3/h4-5,10H,6,17H2,1-3H3,(H,18,21)(H,19,20);4-6,11H,7,16H2,1-3H3,(H,17,20)(H,18,19);4-7,11H,8,15H2,1-3H3,(H,16,19)(H,17,18);1H2/t10-;2*11-;/m111./s1. The smallest absolute Gasteiger partial charge is 0.408 e. The van der Waals surface area contributed by atoms with E-state index in [0.29, 0.717) is 17.1 Å². The number of carboxylic acids is 3. The number of hydrogen-bond donors (Lipinski definition) is 9. The number of aliphatic carboxylic acids is 3. The minimum Gasteiger partial charge on any atom is -0.480 e. The molecule has 0 aliphatic rings. The largest absolute Gasteiger partial charge is 0.480 e. The van der Waals surface area contributed by atoms with Crippen molar-refractivity contribution in [1.82, 2.24) is 16.0 Å². The molecule has 0 aliphatic carbocycles. The molecule has 0 heterocycles. The molecule has 18 nitrogen and oxygen atoms in total. The van der Waals surface area contributed by atoms with Crippen molar-refractivity contribution in [3.05, 3.63) is 82.0 Å². The second-order valence-electron chi connectivity index (χ2n) is 16.9. The first-order valence-electron chi connectivity index (χ1n) is 19.6. The molecule has 0 fully saturated rings. The van der Waals surface area contributed by atoms with Crippen LogP contribution in [0.1, 0.15) is 79.0 Å². The van der Waals surface area contributed by atoms with Crippen LogP contribution >= 0.6 is 113 Å². The minimum atomic E-state index is -1.12. The van der Waals surface area contributed by atoms with Gasteiger partial charge in [0, 0.05) is 41.3 Å². The van der Waals surface area contributed by atoms with Crippen molar-refractivity contribution in [3.8, 4) is 0 Å². The van der Waals surface area contributed by atoms with E-state index in [1.807, 2.05) is 12.1 Å². The highest BCUT2D eigenvalue weighted by Gasteiger charge is 2.27.